The Morgan fingerprint density at radius 2 is 1.97 bits per heavy atom. The number of halogens is 4. The highest BCUT2D eigenvalue weighted by Gasteiger charge is 2.35. The smallest absolute Gasteiger partial charge is 0.421 e. The standard InChI is InChI=1S/C19H14F3N5O3.C3H5F/c1-10-3-4-11(17-24-9-30-26-17)5-13(10)25-18(28)14-7-23-16-6-15(29-2)12(8-27(14)16)19(20,21)22;4-3-1-2-3/h3-9H,1-2H3,(H,25,28);3H,1-2H2. The molecule has 8 nitrogen and oxygen atoms in total. The summed E-state index contributed by atoms with van der Waals surface area (Å²) in [6, 6.07) is 6.28. The van der Waals surface area contributed by atoms with Gasteiger partial charge in [-0.1, -0.05) is 17.3 Å². The maximum absolute atomic E-state index is 13.3. The van der Waals surface area contributed by atoms with Gasteiger partial charge >= 0.3 is 6.18 Å². The molecule has 1 aliphatic rings. The van der Waals surface area contributed by atoms with Crippen LogP contribution in [0.15, 0.2) is 47.6 Å². The Balaban J connectivity index is 0.000000620. The number of hydrogen-bond donors (Lipinski definition) is 1. The summed E-state index contributed by atoms with van der Waals surface area (Å²) in [6.07, 6.45) is -0.271. The number of aromatic nitrogens is 4. The Morgan fingerprint density at radius 1 is 1.24 bits per heavy atom. The summed E-state index contributed by atoms with van der Waals surface area (Å²) in [5, 5.41) is 6.44. The summed E-state index contributed by atoms with van der Waals surface area (Å²) >= 11 is 0. The van der Waals surface area contributed by atoms with E-state index in [1.165, 1.54) is 12.6 Å². The minimum Gasteiger partial charge on any atom is -0.496 e. The third-order valence-electron chi connectivity index (χ3n) is 4.98. The van der Waals surface area contributed by atoms with E-state index in [9.17, 15) is 22.4 Å². The molecule has 0 saturated heterocycles. The Morgan fingerprint density at radius 3 is 2.56 bits per heavy atom. The molecule has 0 spiro atoms. The van der Waals surface area contributed by atoms with Gasteiger partial charge in [0, 0.05) is 23.5 Å². The lowest BCUT2D eigenvalue weighted by Gasteiger charge is -2.13. The Labute approximate surface area is 190 Å². The minimum absolute atomic E-state index is 0.0671. The molecule has 1 aromatic carbocycles. The summed E-state index contributed by atoms with van der Waals surface area (Å²) in [6.45, 7) is 1.77. The Bertz CT molecular complexity index is 1310. The van der Waals surface area contributed by atoms with Crippen LogP contribution in [0, 0.1) is 6.92 Å². The molecule has 0 unspecified atom stereocenters. The van der Waals surface area contributed by atoms with E-state index in [2.05, 4.69) is 20.4 Å². The number of alkyl halides is 4. The number of nitrogens with one attached hydrogen (secondary N) is 1. The number of pyridine rings is 1. The first kappa shape index (κ1) is 23.2. The molecule has 0 bridgehead atoms. The van der Waals surface area contributed by atoms with Crippen LogP contribution in [0.4, 0.5) is 23.2 Å². The van der Waals surface area contributed by atoms with Crippen molar-refractivity contribution in [1.29, 1.82) is 0 Å². The number of amides is 1. The highest BCUT2D eigenvalue weighted by atomic mass is 19.4. The van der Waals surface area contributed by atoms with Crippen LogP contribution in [0.25, 0.3) is 17.0 Å². The second kappa shape index (κ2) is 9.12. The van der Waals surface area contributed by atoms with Crippen molar-refractivity contribution in [1.82, 2.24) is 19.5 Å². The molecule has 5 rings (SSSR count). The van der Waals surface area contributed by atoms with Gasteiger partial charge in [0.05, 0.1) is 13.3 Å². The second-order valence-corrected chi connectivity index (χ2v) is 7.54. The zero-order valence-electron chi connectivity index (χ0n) is 18.1. The molecule has 1 N–H and O–H groups in total. The number of benzene rings is 1. The molecule has 1 aliphatic carbocycles. The summed E-state index contributed by atoms with van der Waals surface area (Å²) in [5.41, 5.74) is 0.848. The first-order valence-electron chi connectivity index (χ1n) is 10.1. The highest BCUT2D eigenvalue weighted by Crippen LogP contribution is 2.37. The van der Waals surface area contributed by atoms with E-state index in [0.717, 1.165) is 42.2 Å². The minimum atomic E-state index is -4.66. The van der Waals surface area contributed by atoms with Crippen LogP contribution in [-0.2, 0) is 6.18 Å². The summed E-state index contributed by atoms with van der Waals surface area (Å²) in [5.74, 6) is -0.674. The van der Waals surface area contributed by atoms with Gasteiger partial charge in [0.25, 0.3) is 5.91 Å². The number of nitrogens with zero attached hydrogens (tertiary/aromatic N) is 4. The predicted molar refractivity (Wildman–Crippen MR) is 113 cm³/mol. The average molecular weight is 477 g/mol. The molecule has 3 aromatic heterocycles. The molecule has 3 heterocycles. The number of anilines is 1. The summed E-state index contributed by atoms with van der Waals surface area (Å²) in [4.78, 5) is 20.8. The van der Waals surface area contributed by atoms with Crippen LogP contribution in [0.3, 0.4) is 0 Å². The second-order valence-electron chi connectivity index (χ2n) is 7.54. The van der Waals surface area contributed by atoms with Crippen LogP contribution in [0.2, 0.25) is 0 Å². The number of hydrogen-bond acceptors (Lipinski definition) is 6. The molecule has 34 heavy (non-hydrogen) atoms. The van der Waals surface area contributed by atoms with Gasteiger partial charge in [0.15, 0.2) is 0 Å². The number of fused-ring (bicyclic) bond motifs is 1. The molecule has 12 heteroatoms. The molecular weight excluding hydrogens is 458 g/mol. The number of rotatable bonds is 4. The van der Waals surface area contributed by atoms with E-state index in [1.807, 2.05) is 0 Å². The SMILES string of the molecule is COc1cc2ncc(C(=O)Nc3cc(-c4ncon4)ccc3C)n2cc1C(F)(F)F.FC1CC1. The number of carbonyl (C=O) groups excluding carboxylic acids is 1. The molecule has 178 valence electrons. The van der Waals surface area contributed by atoms with Crippen molar-refractivity contribution in [3.8, 4) is 17.1 Å². The van der Waals surface area contributed by atoms with Gasteiger partial charge < -0.3 is 14.6 Å². The van der Waals surface area contributed by atoms with Crippen molar-refractivity contribution in [2.45, 2.75) is 32.1 Å². The van der Waals surface area contributed by atoms with Crippen molar-refractivity contribution in [2.75, 3.05) is 12.4 Å². The molecule has 1 fully saturated rings. The highest BCUT2D eigenvalue weighted by molar-refractivity contribution is 6.04. The normalized spacial score (nSPS) is 13.4. The third kappa shape index (κ3) is 5.00. The van der Waals surface area contributed by atoms with Gasteiger partial charge in [-0.05, 0) is 31.4 Å². The number of imidazole rings is 1. The van der Waals surface area contributed by atoms with Crippen molar-refractivity contribution in [2.24, 2.45) is 0 Å². The van der Waals surface area contributed by atoms with Gasteiger partial charge in [-0.25, -0.2) is 9.37 Å². The number of aryl methyl sites for hydroxylation is 1. The van der Waals surface area contributed by atoms with Gasteiger partial charge in [0.1, 0.15) is 28.8 Å². The van der Waals surface area contributed by atoms with Crippen LogP contribution < -0.4 is 10.1 Å². The van der Waals surface area contributed by atoms with Crippen molar-refractivity contribution < 1.29 is 31.6 Å². The zero-order valence-corrected chi connectivity index (χ0v) is 18.1. The van der Waals surface area contributed by atoms with Crippen LogP contribution in [0.5, 0.6) is 5.75 Å². The zero-order chi connectivity index (χ0) is 24.5. The van der Waals surface area contributed by atoms with Gasteiger partial charge in [-0.3, -0.25) is 9.20 Å². The van der Waals surface area contributed by atoms with Crippen molar-refractivity contribution in [3.05, 3.63) is 59.9 Å². The van der Waals surface area contributed by atoms with Gasteiger partial charge in [-0.2, -0.15) is 18.2 Å². The monoisotopic (exact) mass is 477 g/mol. The van der Waals surface area contributed by atoms with Crippen LogP contribution in [0.1, 0.15) is 34.5 Å². The average Bonchev–Trinajstić information content (AvgIpc) is 3.25. The van der Waals surface area contributed by atoms with Crippen molar-refractivity contribution >= 4 is 17.2 Å². The van der Waals surface area contributed by atoms with Gasteiger partial charge in [0.2, 0.25) is 12.2 Å². The van der Waals surface area contributed by atoms with Gasteiger partial charge in [-0.15, -0.1) is 0 Å². The lowest BCUT2D eigenvalue weighted by Crippen LogP contribution is -2.16. The first-order valence-corrected chi connectivity index (χ1v) is 10.1. The first-order chi connectivity index (χ1) is 16.2. The van der Waals surface area contributed by atoms with E-state index in [-0.39, 0.29) is 17.1 Å². The van der Waals surface area contributed by atoms with E-state index in [0.29, 0.717) is 17.1 Å². The molecular formula is C22H19F4N5O3. The van der Waals surface area contributed by atoms with E-state index in [4.69, 9.17) is 9.26 Å². The summed E-state index contributed by atoms with van der Waals surface area (Å²) < 4.78 is 61.8. The fraction of sp³-hybridized carbons (Fsp3) is 0.273. The van der Waals surface area contributed by atoms with Crippen LogP contribution >= 0.6 is 0 Å². The Kier molecular flexibility index (Phi) is 6.22. The maximum atomic E-state index is 13.3. The maximum Gasteiger partial charge on any atom is 0.421 e. The fourth-order valence-electron chi connectivity index (χ4n) is 3.00. The number of methoxy groups -OCH3 is 1. The topological polar surface area (TPSA) is 94.5 Å². The van der Waals surface area contributed by atoms with Crippen molar-refractivity contribution in [3.63, 3.8) is 0 Å². The lowest BCUT2D eigenvalue weighted by atomic mass is 10.1. The molecule has 0 aliphatic heterocycles. The molecule has 0 radical (unpaired) electrons. The largest absolute Gasteiger partial charge is 0.496 e. The number of ether oxygens (including phenoxy) is 1. The molecule has 1 saturated carbocycles. The Hall–Kier alpha value is -3.96. The third-order valence-corrected chi connectivity index (χ3v) is 4.98. The lowest BCUT2D eigenvalue weighted by molar-refractivity contribution is -0.139. The van der Waals surface area contributed by atoms with Crippen LogP contribution in [-0.4, -0.2) is 38.7 Å². The summed E-state index contributed by atoms with van der Waals surface area (Å²) in [7, 11) is 1.14. The van der Waals surface area contributed by atoms with E-state index in [1.54, 1.807) is 25.1 Å². The van der Waals surface area contributed by atoms with E-state index >= 15 is 0 Å². The molecule has 0 atom stereocenters. The van der Waals surface area contributed by atoms with E-state index < -0.39 is 23.8 Å². The molecule has 4 aromatic rings. The predicted octanol–water partition coefficient (Wildman–Crippen LogP) is 5.09. The fourth-order valence-corrected chi connectivity index (χ4v) is 3.00. The number of carbonyl (C=O) groups is 1. The molecule has 1 amide bonds. The quantitative estimate of drug-likeness (QED) is 0.412.